The normalized spacial score (nSPS) is 28.7. The molecule has 3 N–H and O–H groups in total. The third-order valence-electron chi connectivity index (χ3n) is 3.12. The lowest BCUT2D eigenvalue weighted by Crippen LogP contribution is -2.52. The number of benzene rings is 1. The number of ether oxygens (including phenoxy) is 1. The smallest absolute Gasteiger partial charge is 0.132 e. The topological polar surface area (TPSA) is 55.5 Å². The zero-order valence-corrected chi connectivity index (χ0v) is 9.46. The highest BCUT2D eigenvalue weighted by Crippen LogP contribution is 2.44. The summed E-state index contributed by atoms with van der Waals surface area (Å²) in [6.07, 6.45) is 0.322. The Bertz CT molecular complexity index is 414. The van der Waals surface area contributed by atoms with Gasteiger partial charge in [0.2, 0.25) is 0 Å². The molecule has 0 atom stereocenters. The molecule has 4 heteroatoms. The molecular weight excluding hydrogens is 209 g/mol. The zero-order chi connectivity index (χ0) is 11.9. The first-order valence-electron chi connectivity index (χ1n) is 5.28. The minimum Gasteiger partial charge on any atom is -0.496 e. The molecule has 0 unspecified atom stereocenters. The Morgan fingerprint density at radius 2 is 2.12 bits per heavy atom. The molecule has 3 nitrogen and oxygen atoms in total. The van der Waals surface area contributed by atoms with E-state index in [9.17, 15) is 9.50 Å². The van der Waals surface area contributed by atoms with Crippen LogP contribution in [0.25, 0.3) is 0 Å². The van der Waals surface area contributed by atoms with Crippen LogP contribution in [0.3, 0.4) is 0 Å². The van der Waals surface area contributed by atoms with Crippen LogP contribution in [0.5, 0.6) is 5.75 Å². The van der Waals surface area contributed by atoms with Gasteiger partial charge in [-0.15, -0.1) is 0 Å². The lowest BCUT2D eigenvalue weighted by atomic mass is 9.70. The zero-order valence-electron chi connectivity index (χ0n) is 9.46. The van der Waals surface area contributed by atoms with E-state index < -0.39 is 11.6 Å². The van der Waals surface area contributed by atoms with Gasteiger partial charge in [0.05, 0.1) is 18.8 Å². The molecule has 0 aromatic heterocycles. The number of nitrogens with two attached hydrogens (primary N) is 1. The second-order valence-electron chi connectivity index (χ2n) is 4.54. The number of rotatable bonds is 2. The van der Waals surface area contributed by atoms with E-state index in [-0.39, 0.29) is 5.82 Å². The second-order valence-corrected chi connectivity index (χ2v) is 4.54. The van der Waals surface area contributed by atoms with Gasteiger partial charge in [-0.1, -0.05) is 0 Å². The number of halogens is 1. The number of methoxy groups -OCH3 is 1. The largest absolute Gasteiger partial charge is 0.496 e. The van der Waals surface area contributed by atoms with Gasteiger partial charge in [-0.25, -0.2) is 4.39 Å². The third kappa shape index (κ3) is 1.68. The number of hydrogen-bond donors (Lipinski definition) is 2. The highest BCUT2D eigenvalue weighted by molar-refractivity contribution is 5.44. The van der Waals surface area contributed by atoms with Crippen LogP contribution < -0.4 is 10.5 Å². The van der Waals surface area contributed by atoms with Crippen molar-refractivity contribution in [3.63, 3.8) is 0 Å². The van der Waals surface area contributed by atoms with E-state index >= 15 is 0 Å². The van der Waals surface area contributed by atoms with E-state index in [1.807, 2.05) is 0 Å². The maximum absolute atomic E-state index is 13.9. The fourth-order valence-corrected chi connectivity index (χ4v) is 2.34. The SMILES string of the molecule is COc1cc(C)cc(F)c1C1(N)CC(O)C1. The third-order valence-corrected chi connectivity index (χ3v) is 3.12. The Morgan fingerprint density at radius 3 is 2.62 bits per heavy atom. The van der Waals surface area contributed by atoms with E-state index in [0.717, 1.165) is 5.56 Å². The van der Waals surface area contributed by atoms with Crippen LogP contribution in [0.15, 0.2) is 12.1 Å². The quantitative estimate of drug-likeness (QED) is 0.801. The Morgan fingerprint density at radius 1 is 1.50 bits per heavy atom. The lowest BCUT2D eigenvalue weighted by Gasteiger charge is -2.43. The van der Waals surface area contributed by atoms with Crippen LogP contribution in [0.4, 0.5) is 4.39 Å². The maximum atomic E-state index is 13.9. The maximum Gasteiger partial charge on any atom is 0.132 e. The van der Waals surface area contributed by atoms with Crippen molar-refractivity contribution < 1.29 is 14.2 Å². The molecule has 0 spiro atoms. The Kier molecular flexibility index (Phi) is 2.64. The Balaban J connectivity index is 2.47. The van der Waals surface area contributed by atoms with Crippen LogP contribution in [0.2, 0.25) is 0 Å². The number of aliphatic hydroxyl groups is 1. The highest BCUT2D eigenvalue weighted by atomic mass is 19.1. The predicted molar refractivity (Wildman–Crippen MR) is 58.8 cm³/mol. The van der Waals surface area contributed by atoms with Crippen molar-refractivity contribution in [3.05, 3.63) is 29.1 Å². The van der Waals surface area contributed by atoms with Crippen molar-refractivity contribution in [2.75, 3.05) is 7.11 Å². The van der Waals surface area contributed by atoms with E-state index in [1.54, 1.807) is 13.0 Å². The fourth-order valence-electron chi connectivity index (χ4n) is 2.34. The fraction of sp³-hybridized carbons (Fsp3) is 0.500. The van der Waals surface area contributed by atoms with Crippen molar-refractivity contribution in [1.29, 1.82) is 0 Å². The molecule has 1 aromatic rings. The van der Waals surface area contributed by atoms with Crippen molar-refractivity contribution in [2.24, 2.45) is 5.73 Å². The second kappa shape index (κ2) is 3.71. The molecule has 0 bridgehead atoms. The monoisotopic (exact) mass is 225 g/mol. The average Bonchev–Trinajstić information content (AvgIpc) is 2.13. The van der Waals surface area contributed by atoms with Gasteiger partial charge in [0, 0.05) is 5.56 Å². The number of aryl methyl sites for hydroxylation is 1. The summed E-state index contributed by atoms with van der Waals surface area (Å²) in [5.74, 6) is 0.109. The van der Waals surface area contributed by atoms with Gasteiger partial charge < -0.3 is 15.6 Å². The first kappa shape index (κ1) is 11.4. The van der Waals surface area contributed by atoms with E-state index in [2.05, 4.69) is 0 Å². The molecule has 88 valence electrons. The van der Waals surface area contributed by atoms with Crippen molar-refractivity contribution in [3.8, 4) is 5.75 Å². The minimum absolute atomic E-state index is 0.355. The molecule has 0 amide bonds. The molecule has 1 aliphatic carbocycles. The summed E-state index contributed by atoms with van der Waals surface area (Å²) in [4.78, 5) is 0. The van der Waals surface area contributed by atoms with Gasteiger partial charge in [0.1, 0.15) is 11.6 Å². The summed E-state index contributed by atoms with van der Waals surface area (Å²) in [5, 5.41) is 9.31. The summed E-state index contributed by atoms with van der Waals surface area (Å²) < 4.78 is 19.1. The summed E-state index contributed by atoms with van der Waals surface area (Å²) >= 11 is 0. The molecule has 1 aromatic carbocycles. The predicted octanol–water partition coefficient (Wildman–Crippen LogP) is 1.45. The highest BCUT2D eigenvalue weighted by Gasteiger charge is 2.45. The van der Waals surface area contributed by atoms with Crippen LogP contribution in [0, 0.1) is 12.7 Å². The summed E-state index contributed by atoms with van der Waals surface area (Å²) in [5.41, 5.74) is 6.45. The Hall–Kier alpha value is -1.13. The first-order valence-corrected chi connectivity index (χ1v) is 5.28. The molecule has 1 aliphatic rings. The molecule has 1 fully saturated rings. The van der Waals surface area contributed by atoms with E-state index in [0.29, 0.717) is 24.2 Å². The van der Waals surface area contributed by atoms with E-state index in [1.165, 1.54) is 13.2 Å². The molecule has 1 saturated carbocycles. The number of hydrogen-bond acceptors (Lipinski definition) is 3. The molecular formula is C12H16FNO2. The first-order chi connectivity index (χ1) is 7.46. The lowest BCUT2D eigenvalue weighted by molar-refractivity contribution is 0.0181. The van der Waals surface area contributed by atoms with Crippen LogP contribution >= 0.6 is 0 Å². The van der Waals surface area contributed by atoms with Gasteiger partial charge in [-0.2, -0.15) is 0 Å². The van der Waals surface area contributed by atoms with Gasteiger partial charge >= 0.3 is 0 Å². The summed E-state index contributed by atoms with van der Waals surface area (Å²) in [7, 11) is 1.50. The molecule has 0 saturated heterocycles. The van der Waals surface area contributed by atoms with Crippen LogP contribution in [0.1, 0.15) is 24.0 Å². The van der Waals surface area contributed by atoms with Gasteiger partial charge in [-0.05, 0) is 37.5 Å². The van der Waals surface area contributed by atoms with Gasteiger partial charge in [-0.3, -0.25) is 0 Å². The van der Waals surface area contributed by atoms with Crippen molar-refractivity contribution in [1.82, 2.24) is 0 Å². The van der Waals surface area contributed by atoms with Gasteiger partial charge in [0.25, 0.3) is 0 Å². The number of aliphatic hydroxyl groups excluding tert-OH is 1. The van der Waals surface area contributed by atoms with Crippen LogP contribution in [-0.2, 0) is 5.54 Å². The van der Waals surface area contributed by atoms with Crippen molar-refractivity contribution >= 4 is 0 Å². The minimum atomic E-state index is -0.789. The molecule has 0 aliphatic heterocycles. The molecule has 16 heavy (non-hydrogen) atoms. The Labute approximate surface area is 94.0 Å². The summed E-state index contributed by atoms with van der Waals surface area (Å²) in [6.45, 7) is 1.80. The summed E-state index contributed by atoms with van der Waals surface area (Å²) in [6, 6.07) is 3.20. The van der Waals surface area contributed by atoms with E-state index in [4.69, 9.17) is 10.5 Å². The van der Waals surface area contributed by atoms with Crippen LogP contribution in [-0.4, -0.2) is 18.3 Å². The molecule has 0 radical (unpaired) electrons. The standard InChI is InChI=1S/C12H16FNO2/c1-7-3-9(13)11(10(4-7)16-2)12(14)5-8(15)6-12/h3-4,8,15H,5-6,14H2,1-2H3. The average molecular weight is 225 g/mol. The van der Waals surface area contributed by atoms with Crippen molar-refractivity contribution in [2.45, 2.75) is 31.4 Å². The van der Waals surface area contributed by atoms with Gasteiger partial charge in [0.15, 0.2) is 0 Å². The molecule has 0 heterocycles. The molecule has 2 rings (SSSR count).